The lowest BCUT2D eigenvalue weighted by Gasteiger charge is -2.18. The van der Waals surface area contributed by atoms with Crippen LogP contribution in [0.1, 0.15) is 0 Å². The second-order valence-electron chi connectivity index (χ2n) is 14.5. The number of benzene rings is 8. The molecule has 0 aliphatic heterocycles. The Labute approximate surface area is 340 Å². The SMILES string of the molecule is c1ccc(-c2ccc3c4ccccc4n(-c4ccc(-c5nc(-c6ccccc6)nc(-c6ccccc6)n5)cc4-c4nc(-c5ccccc5)nc5ccccc45)c3c2)cc1. The Bertz CT molecular complexity index is 3250. The van der Waals surface area contributed by atoms with Crippen LogP contribution < -0.4 is 0 Å². The van der Waals surface area contributed by atoms with Crippen molar-refractivity contribution in [2.45, 2.75) is 0 Å². The standard InChI is InChI=1S/C53H34N6/c1-5-17-35(18-6-1)39-29-31-42-41-25-14-16-28-46(41)59(48(42)34-39)47-32-30-40(53-57-51(37-21-9-3-10-22-37)56-52(58-53)38-23-11-4-12-24-38)33-44(47)49-43-26-13-15-27-45(43)54-50(55-49)36-19-7-2-8-20-36/h1-34H. The fraction of sp³-hybridized carbons (Fsp3) is 0. The number of hydrogen-bond donors (Lipinski definition) is 0. The highest BCUT2D eigenvalue weighted by Gasteiger charge is 2.22. The smallest absolute Gasteiger partial charge is 0.164 e. The van der Waals surface area contributed by atoms with Crippen molar-refractivity contribution in [3.63, 3.8) is 0 Å². The lowest BCUT2D eigenvalue weighted by atomic mass is 10.00. The highest BCUT2D eigenvalue weighted by molar-refractivity contribution is 6.11. The molecule has 0 saturated heterocycles. The molecule has 6 nitrogen and oxygen atoms in total. The highest BCUT2D eigenvalue weighted by Crippen LogP contribution is 2.41. The number of aromatic nitrogens is 6. The normalized spacial score (nSPS) is 11.4. The molecule has 8 aromatic carbocycles. The fourth-order valence-corrected chi connectivity index (χ4v) is 8.04. The molecule has 0 aliphatic rings. The van der Waals surface area contributed by atoms with Gasteiger partial charge in [-0.3, -0.25) is 0 Å². The molecule has 0 spiro atoms. The second kappa shape index (κ2) is 14.4. The van der Waals surface area contributed by atoms with Crippen molar-refractivity contribution in [1.29, 1.82) is 0 Å². The number of hydrogen-bond acceptors (Lipinski definition) is 5. The third kappa shape index (κ3) is 6.20. The van der Waals surface area contributed by atoms with Crippen LogP contribution in [0, 0.1) is 0 Å². The summed E-state index contributed by atoms with van der Waals surface area (Å²) in [5.41, 5.74) is 11.7. The van der Waals surface area contributed by atoms with Crippen LogP contribution in [-0.2, 0) is 0 Å². The Hall–Kier alpha value is -8.09. The maximum atomic E-state index is 5.42. The van der Waals surface area contributed by atoms with E-state index in [0.717, 1.165) is 72.3 Å². The minimum absolute atomic E-state index is 0.570. The molecule has 276 valence electrons. The van der Waals surface area contributed by atoms with E-state index < -0.39 is 0 Å². The van der Waals surface area contributed by atoms with Gasteiger partial charge < -0.3 is 4.57 Å². The number of para-hydroxylation sites is 2. The first kappa shape index (κ1) is 34.2. The summed E-state index contributed by atoms with van der Waals surface area (Å²) in [6.45, 7) is 0. The van der Waals surface area contributed by atoms with Gasteiger partial charge in [0.1, 0.15) is 0 Å². The van der Waals surface area contributed by atoms with Gasteiger partial charge in [0.25, 0.3) is 0 Å². The van der Waals surface area contributed by atoms with E-state index in [4.69, 9.17) is 24.9 Å². The predicted molar refractivity (Wildman–Crippen MR) is 240 cm³/mol. The van der Waals surface area contributed by atoms with E-state index in [9.17, 15) is 0 Å². The molecule has 11 aromatic rings. The van der Waals surface area contributed by atoms with Crippen LogP contribution in [0.3, 0.4) is 0 Å². The van der Waals surface area contributed by atoms with Gasteiger partial charge in [0.05, 0.1) is 27.9 Å². The van der Waals surface area contributed by atoms with Crippen molar-refractivity contribution in [1.82, 2.24) is 29.5 Å². The highest BCUT2D eigenvalue weighted by atomic mass is 15.0. The molecule has 0 amide bonds. The third-order valence-corrected chi connectivity index (χ3v) is 10.9. The zero-order chi connectivity index (χ0) is 39.1. The molecule has 0 unspecified atom stereocenters. The van der Waals surface area contributed by atoms with Crippen LogP contribution in [0.2, 0.25) is 0 Å². The summed E-state index contributed by atoms with van der Waals surface area (Å²) in [7, 11) is 0. The lowest BCUT2D eigenvalue weighted by molar-refractivity contribution is 1.07. The summed E-state index contributed by atoms with van der Waals surface area (Å²) in [4.78, 5) is 25.8. The first-order chi connectivity index (χ1) is 29.2. The summed E-state index contributed by atoms with van der Waals surface area (Å²) in [5, 5.41) is 3.29. The van der Waals surface area contributed by atoms with E-state index >= 15 is 0 Å². The van der Waals surface area contributed by atoms with Gasteiger partial charge in [-0.15, -0.1) is 0 Å². The Kier molecular flexibility index (Phi) is 8.37. The van der Waals surface area contributed by atoms with Crippen molar-refractivity contribution in [3.8, 4) is 73.6 Å². The van der Waals surface area contributed by atoms with E-state index in [1.165, 1.54) is 10.8 Å². The minimum atomic E-state index is 0.570. The Morgan fingerprint density at radius 2 is 0.763 bits per heavy atom. The molecule has 3 aromatic heterocycles. The Balaban J connectivity index is 1.23. The summed E-state index contributed by atoms with van der Waals surface area (Å²) in [5.74, 6) is 2.44. The van der Waals surface area contributed by atoms with Crippen LogP contribution in [0.25, 0.3) is 106 Å². The van der Waals surface area contributed by atoms with Crippen molar-refractivity contribution in [2.75, 3.05) is 0 Å². The molecule has 6 heteroatoms. The van der Waals surface area contributed by atoms with Crippen molar-refractivity contribution in [3.05, 3.63) is 206 Å². The number of fused-ring (bicyclic) bond motifs is 4. The van der Waals surface area contributed by atoms with Gasteiger partial charge in [0.15, 0.2) is 23.3 Å². The number of rotatable bonds is 7. The molecule has 0 fully saturated rings. The van der Waals surface area contributed by atoms with E-state index in [2.05, 4.69) is 126 Å². The maximum absolute atomic E-state index is 5.42. The summed E-state index contributed by atoms with van der Waals surface area (Å²) >= 11 is 0. The topological polar surface area (TPSA) is 69.4 Å². The molecule has 59 heavy (non-hydrogen) atoms. The molecule has 3 heterocycles. The first-order valence-corrected chi connectivity index (χ1v) is 19.7. The molecule has 0 radical (unpaired) electrons. The largest absolute Gasteiger partial charge is 0.309 e. The lowest BCUT2D eigenvalue weighted by Crippen LogP contribution is -2.03. The van der Waals surface area contributed by atoms with Gasteiger partial charge in [-0.1, -0.05) is 170 Å². The molecular formula is C53H34N6. The van der Waals surface area contributed by atoms with Gasteiger partial charge in [-0.25, -0.2) is 24.9 Å². The van der Waals surface area contributed by atoms with Gasteiger partial charge in [0, 0.05) is 44.0 Å². The van der Waals surface area contributed by atoms with Crippen LogP contribution in [-0.4, -0.2) is 29.5 Å². The van der Waals surface area contributed by atoms with Gasteiger partial charge >= 0.3 is 0 Å². The minimum Gasteiger partial charge on any atom is -0.309 e. The predicted octanol–water partition coefficient (Wildman–Crippen LogP) is 12.9. The van der Waals surface area contributed by atoms with Gasteiger partial charge in [-0.05, 0) is 47.5 Å². The zero-order valence-electron chi connectivity index (χ0n) is 31.8. The monoisotopic (exact) mass is 754 g/mol. The molecule has 0 bridgehead atoms. The van der Waals surface area contributed by atoms with Crippen LogP contribution in [0.5, 0.6) is 0 Å². The molecular weight excluding hydrogens is 721 g/mol. The summed E-state index contributed by atoms with van der Waals surface area (Å²) < 4.78 is 2.38. The van der Waals surface area contributed by atoms with E-state index in [0.29, 0.717) is 23.3 Å². The second-order valence-corrected chi connectivity index (χ2v) is 14.5. The number of nitrogens with zero attached hydrogens (tertiary/aromatic N) is 6. The van der Waals surface area contributed by atoms with Crippen LogP contribution in [0.4, 0.5) is 0 Å². The summed E-state index contributed by atoms with van der Waals surface area (Å²) in [6, 6.07) is 71.1. The molecule has 0 atom stereocenters. The van der Waals surface area contributed by atoms with Crippen LogP contribution in [0.15, 0.2) is 206 Å². The third-order valence-electron chi connectivity index (χ3n) is 10.9. The zero-order valence-corrected chi connectivity index (χ0v) is 31.8. The molecule has 0 N–H and O–H groups in total. The van der Waals surface area contributed by atoms with Gasteiger partial charge in [-0.2, -0.15) is 0 Å². The van der Waals surface area contributed by atoms with E-state index in [-0.39, 0.29) is 0 Å². The fourth-order valence-electron chi connectivity index (χ4n) is 8.04. The van der Waals surface area contributed by atoms with E-state index in [1.807, 2.05) is 84.9 Å². The summed E-state index contributed by atoms with van der Waals surface area (Å²) in [6.07, 6.45) is 0. The molecule has 0 saturated carbocycles. The molecule has 11 rings (SSSR count). The van der Waals surface area contributed by atoms with Crippen molar-refractivity contribution >= 4 is 32.7 Å². The van der Waals surface area contributed by atoms with Gasteiger partial charge in [0.2, 0.25) is 0 Å². The Morgan fingerprint density at radius 1 is 0.288 bits per heavy atom. The van der Waals surface area contributed by atoms with Crippen molar-refractivity contribution < 1.29 is 0 Å². The Morgan fingerprint density at radius 3 is 1.39 bits per heavy atom. The average molecular weight is 755 g/mol. The quantitative estimate of drug-likeness (QED) is 0.162. The van der Waals surface area contributed by atoms with E-state index in [1.54, 1.807) is 0 Å². The molecule has 0 aliphatic carbocycles. The van der Waals surface area contributed by atoms with Crippen molar-refractivity contribution in [2.24, 2.45) is 0 Å². The maximum Gasteiger partial charge on any atom is 0.164 e. The average Bonchev–Trinajstić information content (AvgIpc) is 3.65. The first-order valence-electron chi connectivity index (χ1n) is 19.7. The van der Waals surface area contributed by atoms with Crippen LogP contribution >= 0.6 is 0 Å².